The van der Waals surface area contributed by atoms with Crippen molar-refractivity contribution in [1.29, 1.82) is 0 Å². The number of benzene rings is 1. The molecular weight excluding hydrogens is 338 g/mol. The molecule has 1 fully saturated rings. The molecule has 1 aromatic carbocycles. The third-order valence-corrected chi connectivity index (χ3v) is 5.01. The Morgan fingerprint density at radius 3 is 2.74 bits per heavy atom. The zero-order chi connectivity index (χ0) is 19.6. The van der Waals surface area contributed by atoms with E-state index in [-0.39, 0.29) is 11.9 Å². The van der Waals surface area contributed by atoms with E-state index in [0.717, 1.165) is 51.6 Å². The van der Waals surface area contributed by atoms with Crippen LogP contribution in [-0.2, 0) is 4.79 Å². The number of nitrogens with one attached hydrogen (secondary N) is 2. The minimum Gasteiger partial charge on any atom is -0.370 e. The lowest BCUT2D eigenvalue weighted by Crippen LogP contribution is -2.45. The van der Waals surface area contributed by atoms with E-state index in [9.17, 15) is 4.79 Å². The second-order valence-corrected chi connectivity index (χ2v) is 6.95. The molecule has 2 rings (SSSR count). The highest BCUT2D eigenvalue weighted by Gasteiger charge is 2.25. The number of rotatable bonds is 8. The van der Waals surface area contributed by atoms with Crippen LogP contribution in [0.3, 0.4) is 0 Å². The molecule has 0 radical (unpaired) electrons. The summed E-state index contributed by atoms with van der Waals surface area (Å²) in [4.78, 5) is 20.9. The molecule has 1 unspecified atom stereocenters. The zero-order valence-corrected chi connectivity index (χ0v) is 17.3. The molecule has 0 aliphatic carbocycles. The van der Waals surface area contributed by atoms with E-state index in [1.165, 1.54) is 11.3 Å². The topological polar surface area (TPSA) is 60.0 Å². The van der Waals surface area contributed by atoms with Crippen LogP contribution in [-0.4, -0.2) is 62.1 Å². The van der Waals surface area contributed by atoms with Crippen molar-refractivity contribution in [2.75, 3.05) is 44.2 Å². The van der Waals surface area contributed by atoms with Crippen LogP contribution in [0.15, 0.2) is 29.3 Å². The largest absolute Gasteiger partial charge is 0.370 e. The molecule has 1 amide bonds. The Hall–Kier alpha value is -2.24. The van der Waals surface area contributed by atoms with Crippen molar-refractivity contribution in [3.63, 3.8) is 0 Å². The normalized spacial score (nSPS) is 17.1. The molecule has 1 heterocycles. The van der Waals surface area contributed by atoms with Gasteiger partial charge in [0.15, 0.2) is 5.96 Å². The van der Waals surface area contributed by atoms with E-state index >= 15 is 0 Å². The average Bonchev–Trinajstić information content (AvgIpc) is 3.14. The molecule has 1 aliphatic heterocycles. The number of likely N-dealkylation sites (tertiary alicyclic amines) is 1. The summed E-state index contributed by atoms with van der Waals surface area (Å²) < 4.78 is 0. The van der Waals surface area contributed by atoms with E-state index in [1.807, 2.05) is 11.8 Å². The van der Waals surface area contributed by atoms with Gasteiger partial charge in [0.25, 0.3) is 0 Å². The first-order valence-corrected chi connectivity index (χ1v) is 10.2. The zero-order valence-electron chi connectivity index (χ0n) is 17.3. The van der Waals surface area contributed by atoms with E-state index in [2.05, 4.69) is 60.6 Å². The Balaban J connectivity index is 1.91. The molecule has 0 bridgehead atoms. The molecule has 1 aliphatic rings. The van der Waals surface area contributed by atoms with Crippen LogP contribution in [0.2, 0.25) is 0 Å². The standard InChI is InChI=1S/C21H35N5O/c1-5-20(27)26-14-12-18(16-26)24-21(22-6-2)23-13-15-25(7-3)19-11-9-8-10-17(19)4/h8-11,18H,5-7,12-16H2,1-4H3,(H2,22,23,24). The number of carbonyl (C=O) groups is 1. The predicted octanol–water partition coefficient (Wildman–Crippen LogP) is 2.39. The molecule has 1 atom stereocenters. The highest BCUT2D eigenvalue weighted by Crippen LogP contribution is 2.18. The van der Waals surface area contributed by atoms with Crippen LogP contribution in [0.4, 0.5) is 5.69 Å². The summed E-state index contributed by atoms with van der Waals surface area (Å²) in [6.45, 7) is 13.3. The van der Waals surface area contributed by atoms with Crippen LogP contribution in [0.25, 0.3) is 0 Å². The summed E-state index contributed by atoms with van der Waals surface area (Å²) >= 11 is 0. The second kappa shape index (κ2) is 10.8. The van der Waals surface area contributed by atoms with Crippen molar-refractivity contribution in [2.24, 2.45) is 4.99 Å². The van der Waals surface area contributed by atoms with Gasteiger partial charge in [0.2, 0.25) is 5.91 Å². The van der Waals surface area contributed by atoms with E-state index in [4.69, 9.17) is 4.99 Å². The van der Waals surface area contributed by atoms with Gasteiger partial charge in [0.1, 0.15) is 0 Å². The van der Waals surface area contributed by atoms with Gasteiger partial charge in [0.05, 0.1) is 6.54 Å². The number of hydrogen-bond acceptors (Lipinski definition) is 3. The number of aryl methyl sites for hydroxylation is 1. The van der Waals surface area contributed by atoms with Crippen LogP contribution in [0.5, 0.6) is 0 Å². The van der Waals surface area contributed by atoms with Crippen LogP contribution < -0.4 is 15.5 Å². The third-order valence-electron chi connectivity index (χ3n) is 5.01. The Morgan fingerprint density at radius 1 is 1.30 bits per heavy atom. The third kappa shape index (κ3) is 6.15. The van der Waals surface area contributed by atoms with Gasteiger partial charge in [-0.2, -0.15) is 0 Å². The Morgan fingerprint density at radius 2 is 2.07 bits per heavy atom. The molecule has 0 saturated carbocycles. The van der Waals surface area contributed by atoms with Crippen molar-refractivity contribution < 1.29 is 4.79 Å². The first-order chi connectivity index (χ1) is 13.1. The van der Waals surface area contributed by atoms with Crippen LogP contribution in [0, 0.1) is 6.92 Å². The van der Waals surface area contributed by atoms with Gasteiger partial charge in [-0.3, -0.25) is 9.79 Å². The van der Waals surface area contributed by atoms with E-state index in [1.54, 1.807) is 0 Å². The lowest BCUT2D eigenvalue weighted by atomic mass is 10.2. The number of anilines is 1. The van der Waals surface area contributed by atoms with Gasteiger partial charge in [-0.15, -0.1) is 0 Å². The Labute approximate surface area is 164 Å². The minimum absolute atomic E-state index is 0.234. The van der Waals surface area contributed by atoms with Crippen molar-refractivity contribution >= 4 is 17.6 Å². The summed E-state index contributed by atoms with van der Waals surface area (Å²) in [5.41, 5.74) is 2.57. The highest BCUT2D eigenvalue weighted by atomic mass is 16.2. The fourth-order valence-corrected chi connectivity index (χ4v) is 3.49. The lowest BCUT2D eigenvalue weighted by Gasteiger charge is -2.24. The summed E-state index contributed by atoms with van der Waals surface area (Å²) in [5, 5.41) is 6.82. The summed E-state index contributed by atoms with van der Waals surface area (Å²) in [6.07, 6.45) is 1.55. The first kappa shape index (κ1) is 21.1. The SMILES string of the molecule is CCNC(=NCCN(CC)c1ccccc1C)NC1CCN(C(=O)CC)C1. The molecule has 2 N–H and O–H groups in total. The van der Waals surface area contributed by atoms with Gasteiger partial charge in [0, 0.05) is 50.9 Å². The monoisotopic (exact) mass is 373 g/mol. The average molecular weight is 374 g/mol. The van der Waals surface area contributed by atoms with E-state index in [0.29, 0.717) is 6.42 Å². The van der Waals surface area contributed by atoms with Gasteiger partial charge in [-0.1, -0.05) is 25.1 Å². The highest BCUT2D eigenvalue weighted by molar-refractivity contribution is 5.80. The molecule has 1 aromatic rings. The Bertz CT molecular complexity index is 631. The summed E-state index contributed by atoms with van der Waals surface area (Å²) in [6, 6.07) is 8.76. The molecule has 0 spiro atoms. The number of guanidine groups is 1. The molecule has 6 nitrogen and oxygen atoms in total. The van der Waals surface area contributed by atoms with E-state index < -0.39 is 0 Å². The number of aliphatic imine (C=N–C) groups is 1. The maximum atomic E-state index is 11.9. The van der Waals surface area contributed by atoms with Crippen molar-refractivity contribution in [2.45, 2.75) is 46.6 Å². The number of carbonyl (C=O) groups excluding carboxylic acids is 1. The molecule has 1 saturated heterocycles. The summed E-state index contributed by atoms with van der Waals surface area (Å²) in [5.74, 6) is 1.08. The van der Waals surface area contributed by atoms with Crippen molar-refractivity contribution in [3.05, 3.63) is 29.8 Å². The number of likely N-dealkylation sites (N-methyl/N-ethyl adjacent to an activating group) is 1. The number of hydrogen-bond donors (Lipinski definition) is 2. The number of nitrogens with zero attached hydrogens (tertiary/aromatic N) is 3. The second-order valence-electron chi connectivity index (χ2n) is 6.95. The fraction of sp³-hybridized carbons (Fsp3) is 0.619. The van der Waals surface area contributed by atoms with Crippen molar-refractivity contribution in [1.82, 2.24) is 15.5 Å². The first-order valence-electron chi connectivity index (χ1n) is 10.2. The fourth-order valence-electron chi connectivity index (χ4n) is 3.49. The summed E-state index contributed by atoms with van der Waals surface area (Å²) in [7, 11) is 0. The molecule has 0 aromatic heterocycles. The maximum Gasteiger partial charge on any atom is 0.222 e. The maximum absolute atomic E-state index is 11.9. The minimum atomic E-state index is 0.234. The predicted molar refractivity (Wildman–Crippen MR) is 113 cm³/mol. The van der Waals surface area contributed by atoms with Crippen LogP contribution >= 0.6 is 0 Å². The number of amides is 1. The molecule has 27 heavy (non-hydrogen) atoms. The van der Waals surface area contributed by atoms with Gasteiger partial charge >= 0.3 is 0 Å². The van der Waals surface area contributed by atoms with Crippen molar-refractivity contribution in [3.8, 4) is 0 Å². The van der Waals surface area contributed by atoms with Gasteiger partial charge in [-0.05, 0) is 38.8 Å². The lowest BCUT2D eigenvalue weighted by molar-refractivity contribution is -0.129. The Kier molecular flexibility index (Phi) is 8.43. The molecule has 6 heteroatoms. The van der Waals surface area contributed by atoms with Crippen LogP contribution in [0.1, 0.15) is 39.2 Å². The quantitative estimate of drug-likeness (QED) is 0.543. The molecule has 150 valence electrons. The van der Waals surface area contributed by atoms with Gasteiger partial charge in [-0.25, -0.2) is 0 Å². The molecular formula is C21H35N5O. The van der Waals surface area contributed by atoms with Gasteiger partial charge < -0.3 is 20.4 Å². The number of para-hydroxylation sites is 1. The smallest absolute Gasteiger partial charge is 0.222 e.